The number of carbonyl (C=O) groups is 1. The minimum atomic E-state index is -0.472. The topological polar surface area (TPSA) is 88.5 Å². The zero-order valence-electron chi connectivity index (χ0n) is 16.6. The number of rotatable bonds is 7. The Labute approximate surface area is 178 Å². The molecule has 2 N–H and O–H groups in total. The van der Waals surface area contributed by atoms with Crippen molar-refractivity contribution in [2.24, 2.45) is 4.99 Å². The van der Waals surface area contributed by atoms with Crippen molar-refractivity contribution in [1.82, 2.24) is 15.3 Å². The van der Waals surface area contributed by atoms with Gasteiger partial charge in [0.05, 0.1) is 12.1 Å². The number of fused-ring (bicyclic) bond motifs is 1. The number of ether oxygens (including phenoxy) is 1. The molecule has 5 rings (SSSR count). The van der Waals surface area contributed by atoms with Crippen LogP contribution in [0.5, 0.6) is 5.75 Å². The normalized spacial score (nSPS) is 14.2. The highest BCUT2D eigenvalue weighted by molar-refractivity contribution is 5.86. The van der Waals surface area contributed by atoms with Crippen LogP contribution in [-0.4, -0.2) is 34.7 Å². The minimum Gasteiger partial charge on any atom is -0.484 e. The van der Waals surface area contributed by atoms with Crippen molar-refractivity contribution in [3.8, 4) is 17.1 Å². The number of hydrogen-bond acceptors (Lipinski definition) is 6. The van der Waals surface area contributed by atoms with Crippen molar-refractivity contribution in [1.29, 1.82) is 0 Å². The molecule has 0 spiro atoms. The second-order valence-corrected chi connectivity index (χ2v) is 7.55. The Morgan fingerprint density at radius 3 is 2.94 bits per heavy atom. The molecule has 0 saturated heterocycles. The zero-order valence-corrected chi connectivity index (χ0v) is 16.6. The van der Waals surface area contributed by atoms with Crippen LogP contribution in [0.3, 0.4) is 0 Å². The highest BCUT2D eigenvalue weighted by Crippen LogP contribution is 2.27. The first-order chi connectivity index (χ1) is 15.1. The molecule has 1 saturated carbocycles. The smallest absolute Gasteiger partial charge is 0.258 e. The fourth-order valence-electron chi connectivity index (χ4n) is 3.30. The Kier molecular flexibility index (Phi) is 5.03. The second kappa shape index (κ2) is 8.14. The lowest BCUT2D eigenvalue weighted by atomic mass is 10.1. The van der Waals surface area contributed by atoms with Crippen LogP contribution < -0.4 is 15.4 Å². The maximum Gasteiger partial charge on any atom is 0.258 e. The van der Waals surface area contributed by atoms with E-state index in [9.17, 15) is 9.18 Å². The Morgan fingerprint density at radius 1 is 1.16 bits per heavy atom. The Morgan fingerprint density at radius 2 is 2.06 bits per heavy atom. The van der Waals surface area contributed by atoms with Crippen LogP contribution in [0.25, 0.3) is 11.4 Å². The maximum atomic E-state index is 14.5. The third kappa shape index (κ3) is 4.53. The first-order valence-corrected chi connectivity index (χ1v) is 10.1. The standard InChI is InChI=1S/C23H20FN5O2/c24-20-6-5-18(31-13-22(30)28-16-3-4-16)10-19(20)23-26-8-7-21(29-23)27-17-2-1-14-11-25-12-15(14)9-17/h1-2,5-10,12,16H,3-4,11,13H2,(H,28,30)(H,26,27,29). The Bertz CT molecular complexity index is 1180. The first-order valence-electron chi connectivity index (χ1n) is 10.1. The van der Waals surface area contributed by atoms with Gasteiger partial charge in [-0.3, -0.25) is 9.79 Å². The molecule has 7 nitrogen and oxygen atoms in total. The maximum absolute atomic E-state index is 14.5. The van der Waals surface area contributed by atoms with Crippen LogP contribution in [0, 0.1) is 5.82 Å². The molecule has 0 unspecified atom stereocenters. The van der Waals surface area contributed by atoms with E-state index in [-0.39, 0.29) is 29.9 Å². The zero-order chi connectivity index (χ0) is 21.2. The van der Waals surface area contributed by atoms with Crippen LogP contribution >= 0.6 is 0 Å². The lowest BCUT2D eigenvalue weighted by Crippen LogP contribution is -2.30. The SMILES string of the molecule is O=C(COc1ccc(F)c(-c2nccc(Nc3ccc4c(c3)C=NC4)n2)c1)NC1CC1. The molecule has 1 aliphatic carbocycles. The number of halogens is 1. The number of aromatic nitrogens is 2. The predicted octanol–water partition coefficient (Wildman–Crippen LogP) is 3.62. The van der Waals surface area contributed by atoms with Crippen LogP contribution in [0.15, 0.2) is 53.7 Å². The average Bonchev–Trinajstić information content (AvgIpc) is 3.46. The molecule has 0 atom stereocenters. The molecule has 2 aromatic carbocycles. The van der Waals surface area contributed by atoms with E-state index in [1.807, 2.05) is 24.4 Å². The summed E-state index contributed by atoms with van der Waals surface area (Å²) in [5.41, 5.74) is 3.31. The van der Waals surface area contributed by atoms with Crippen molar-refractivity contribution >= 4 is 23.6 Å². The summed E-state index contributed by atoms with van der Waals surface area (Å²) in [5, 5.41) is 6.07. The fourth-order valence-corrected chi connectivity index (χ4v) is 3.30. The molecule has 8 heteroatoms. The number of nitrogens with zero attached hydrogens (tertiary/aromatic N) is 3. The van der Waals surface area contributed by atoms with E-state index in [4.69, 9.17) is 4.74 Å². The molecule has 0 bridgehead atoms. The molecule has 1 fully saturated rings. The van der Waals surface area contributed by atoms with E-state index in [1.165, 1.54) is 23.8 Å². The summed E-state index contributed by atoms with van der Waals surface area (Å²) >= 11 is 0. The number of hydrogen-bond donors (Lipinski definition) is 2. The third-order valence-corrected chi connectivity index (χ3v) is 5.06. The van der Waals surface area contributed by atoms with Gasteiger partial charge < -0.3 is 15.4 Å². The lowest BCUT2D eigenvalue weighted by molar-refractivity contribution is -0.123. The molecule has 156 valence electrons. The second-order valence-electron chi connectivity index (χ2n) is 7.55. The van der Waals surface area contributed by atoms with Gasteiger partial charge in [-0.25, -0.2) is 14.4 Å². The van der Waals surface area contributed by atoms with Crippen LogP contribution in [-0.2, 0) is 11.3 Å². The third-order valence-electron chi connectivity index (χ3n) is 5.06. The molecule has 2 heterocycles. The van der Waals surface area contributed by atoms with Gasteiger partial charge in [0.15, 0.2) is 12.4 Å². The lowest BCUT2D eigenvalue weighted by Gasteiger charge is -2.10. The van der Waals surface area contributed by atoms with Gasteiger partial charge in [-0.15, -0.1) is 0 Å². The minimum absolute atomic E-state index is 0.119. The Hall–Kier alpha value is -3.81. The summed E-state index contributed by atoms with van der Waals surface area (Å²) in [4.78, 5) is 24.7. The van der Waals surface area contributed by atoms with E-state index in [0.717, 1.165) is 24.1 Å². The van der Waals surface area contributed by atoms with Crippen molar-refractivity contribution in [3.05, 3.63) is 65.6 Å². The first kappa shape index (κ1) is 19.2. The van der Waals surface area contributed by atoms with E-state index in [1.54, 1.807) is 12.3 Å². The molecule has 0 radical (unpaired) electrons. The van der Waals surface area contributed by atoms with Gasteiger partial charge in [-0.1, -0.05) is 6.07 Å². The number of anilines is 2. The summed E-state index contributed by atoms with van der Waals surface area (Å²) in [6.07, 6.45) is 5.42. The van der Waals surface area contributed by atoms with E-state index < -0.39 is 5.82 Å². The average molecular weight is 417 g/mol. The van der Waals surface area contributed by atoms with Crippen molar-refractivity contribution in [2.75, 3.05) is 11.9 Å². The number of benzene rings is 2. The van der Waals surface area contributed by atoms with Crippen LogP contribution in [0.2, 0.25) is 0 Å². The van der Waals surface area contributed by atoms with Gasteiger partial charge in [0, 0.05) is 24.1 Å². The van der Waals surface area contributed by atoms with Crippen molar-refractivity contribution < 1.29 is 13.9 Å². The molecule has 3 aromatic rings. The predicted molar refractivity (Wildman–Crippen MR) is 115 cm³/mol. The highest BCUT2D eigenvalue weighted by Gasteiger charge is 2.23. The van der Waals surface area contributed by atoms with Crippen molar-refractivity contribution in [2.45, 2.75) is 25.4 Å². The number of amides is 1. The van der Waals surface area contributed by atoms with Gasteiger partial charge in [0.1, 0.15) is 17.4 Å². The van der Waals surface area contributed by atoms with Gasteiger partial charge in [-0.2, -0.15) is 0 Å². The number of aliphatic imine (C=N–C) groups is 1. The molecule has 1 aromatic heterocycles. The molecular formula is C23H20FN5O2. The summed E-state index contributed by atoms with van der Waals surface area (Å²) < 4.78 is 20.0. The molecule has 31 heavy (non-hydrogen) atoms. The largest absolute Gasteiger partial charge is 0.484 e. The van der Waals surface area contributed by atoms with Crippen molar-refractivity contribution in [3.63, 3.8) is 0 Å². The van der Waals surface area contributed by atoms with E-state index in [0.29, 0.717) is 18.1 Å². The summed E-state index contributed by atoms with van der Waals surface area (Å²) in [5.74, 6) is 0.477. The monoisotopic (exact) mass is 417 g/mol. The van der Waals surface area contributed by atoms with Gasteiger partial charge in [0.25, 0.3) is 5.91 Å². The summed E-state index contributed by atoms with van der Waals surface area (Å²) in [6.45, 7) is 0.582. The molecule has 1 amide bonds. The van der Waals surface area contributed by atoms with Crippen LogP contribution in [0.4, 0.5) is 15.9 Å². The Balaban J connectivity index is 1.32. The fraction of sp³-hybridized carbons (Fsp3) is 0.217. The van der Waals surface area contributed by atoms with Gasteiger partial charge in [0.2, 0.25) is 0 Å². The van der Waals surface area contributed by atoms with Gasteiger partial charge >= 0.3 is 0 Å². The summed E-state index contributed by atoms with van der Waals surface area (Å²) in [6, 6.07) is 12.2. The number of carbonyl (C=O) groups excluding carboxylic acids is 1. The molecule has 1 aliphatic heterocycles. The van der Waals surface area contributed by atoms with Crippen LogP contribution in [0.1, 0.15) is 24.0 Å². The molecule has 2 aliphatic rings. The summed E-state index contributed by atoms with van der Waals surface area (Å²) in [7, 11) is 0. The molecular weight excluding hydrogens is 397 g/mol. The van der Waals surface area contributed by atoms with E-state index in [2.05, 4.69) is 25.6 Å². The van der Waals surface area contributed by atoms with E-state index >= 15 is 0 Å². The number of nitrogens with one attached hydrogen (secondary N) is 2. The van der Waals surface area contributed by atoms with Gasteiger partial charge in [-0.05, 0) is 60.4 Å². The quantitative estimate of drug-likeness (QED) is 0.613. The highest BCUT2D eigenvalue weighted by atomic mass is 19.1.